The van der Waals surface area contributed by atoms with Gasteiger partial charge in [-0.3, -0.25) is 4.79 Å². The molecule has 4 N–H and O–H groups in total. The van der Waals surface area contributed by atoms with Gasteiger partial charge in [0, 0.05) is 11.7 Å². The second-order valence-corrected chi connectivity index (χ2v) is 4.49. The summed E-state index contributed by atoms with van der Waals surface area (Å²) in [4.78, 5) is 33.4. The Kier molecular flexibility index (Phi) is 5.22. The number of hydrogen-bond acceptors (Lipinski definition) is 4. The third-order valence-electron chi connectivity index (χ3n) is 2.38. The molecule has 0 bridgehead atoms. The van der Waals surface area contributed by atoms with Crippen LogP contribution in [0.3, 0.4) is 0 Å². The number of carboxylic acids is 2. The van der Waals surface area contributed by atoms with E-state index in [9.17, 15) is 14.4 Å². The Bertz CT molecular complexity index is 507. The molecule has 7 nitrogen and oxygen atoms in total. The standard InChI is InChI=1S/C13H16N2O5/c1-7(2)14-6-11(16)15-10-4-8(12(17)18)3-9(5-10)13(19)20/h3-5,7,14H,6H2,1-2H3,(H,15,16)(H,17,18)(H,19,20). The third kappa shape index (κ3) is 4.69. The fourth-order valence-electron chi connectivity index (χ4n) is 1.45. The smallest absolute Gasteiger partial charge is 0.335 e. The largest absolute Gasteiger partial charge is 0.478 e. The summed E-state index contributed by atoms with van der Waals surface area (Å²) in [5.41, 5.74) is -0.258. The Morgan fingerprint density at radius 1 is 1.05 bits per heavy atom. The number of amides is 1. The minimum Gasteiger partial charge on any atom is -0.478 e. The van der Waals surface area contributed by atoms with Crippen LogP contribution in [0.1, 0.15) is 34.6 Å². The van der Waals surface area contributed by atoms with Crippen molar-refractivity contribution >= 4 is 23.5 Å². The van der Waals surface area contributed by atoms with Gasteiger partial charge >= 0.3 is 11.9 Å². The Balaban J connectivity index is 2.91. The summed E-state index contributed by atoms with van der Waals surface area (Å²) in [6, 6.07) is 3.58. The molecule has 0 aliphatic heterocycles. The Morgan fingerprint density at radius 3 is 1.95 bits per heavy atom. The molecule has 0 unspecified atom stereocenters. The van der Waals surface area contributed by atoms with E-state index in [0.717, 1.165) is 6.07 Å². The second kappa shape index (κ2) is 6.67. The van der Waals surface area contributed by atoms with Crippen molar-refractivity contribution in [2.45, 2.75) is 19.9 Å². The molecular formula is C13H16N2O5. The number of hydrogen-bond donors (Lipinski definition) is 4. The molecule has 1 rings (SSSR count). The Labute approximate surface area is 115 Å². The van der Waals surface area contributed by atoms with E-state index in [4.69, 9.17) is 10.2 Å². The minimum atomic E-state index is -1.26. The van der Waals surface area contributed by atoms with Crippen LogP contribution in [-0.2, 0) is 4.79 Å². The van der Waals surface area contributed by atoms with Gasteiger partial charge in [-0.15, -0.1) is 0 Å². The zero-order valence-corrected chi connectivity index (χ0v) is 11.1. The Hall–Kier alpha value is -2.41. The molecule has 0 aliphatic rings. The summed E-state index contributed by atoms with van der Waals surface area (Å²) >= 11 is 0. The monoisotopic (exact) mass is 280 g/mol. The molecular weight excluding hydrogens is 264 g/mol. The molecule has 0 fully saturated rings. The van der Waals surface area contributed by atoms with Crippen molar-refractivity contribution in [2.75, 3.05) is 11.9 Å². The van der Waals surface area contributed by atoms with Gasteiger partial charge in [0.1, 0.15) is 0 Å². The zero-order chi connectivity index (χ0) is 15.3. The maximum atomic E-state index is 11.6. The Morgan fingerprint density at radius 2 is 1.55 bits per heavy atom. The molecule has 1 aromatic rings. The first-order valence-corrected chi connectivity index (χ1v) is 5.94. The lowest BCUT2D eigenvalue weighted by Gasteiger charge is -2.10. The first-order chi connectivity index (χ1) is 9.29. The number of carbonyl (C=O) groups is 3. The fraction of sp³-hybridized carbons (Fsp3) is 0.308. The summed E-state index contributed by atoms with van der Waals surface area (Å²) in [7, 11) is 0. The quantitative estimate of drug-likeness (QED) is 0.618. The molecule has 0 saturated heterocycles. The van der Waals surface area contributed by atoms with Crippen LogP contribution in [0, 0.1) is 0 Å². The van der Waals surface area contributed by atoms with Gasteiger partial charge in [-0.25, -0.2) is 9.59 Å². The van der Waals surface area contributed by atoms with Crippen LogP contribution in [0.4, 0.5) is 5.69 Å². The van der Waals surface area contributed by atoms with E-state index in [1.54, 1.807) is 0 Å². The molecule has 108 valence electrons. The average molecular weight is 280 g/mol. The van der Waals surface area contributed by atoms with Gasteiger partial charge in [-0.2, -0.15) is 0 Å². The molecule has 7 heteroatoms. The molecule has 0 saturated carbocycles. The average Bonchev–Trinajstić information content (AvgIpc) is 2.35. The van der Waals surface area contributed by atoms with Crippen LogP contribution in [-0.4, -0.2) is 40.6 Å². The summed E-state index contributed by atoms with van der Waals surface area (Å²) in [6.45, 7) is 3.80. The SMILES string of the molecule is CC(C)NCC(=O)Nc1cc(C(=O)O)cc(C(=O)O)c1. The van der Waals surface area contributed by atoms with Crippen molar-refractivity contribution in [3.05, 3.63) is 29.3 Å². The molecule has 0 atom stereocenters. The van der Waals surface area contributed by atoms with Crippen LogP contribution in [0.25, 0.3) is 0 Å². The molecule has 0 aromatic heterocycles. The maximum absolute atomic E-state index is 11.6. The highest BCUT2D eigenvalue weighted by Crippen LogP contribution is 2.15. The highest BCUT2D eigenvalue weighted by molar-refractivity contribution is 5.98. The van der Waals surface area contributed by atoms with Crippen molar-refractivity contribution < 1.29 is 24.6 Å². The molecule has 1 amide bonds. The molecule has 20 heavy (non-hydrogen) atoms. The van der Waals surface area contributed by atoms with Crippen molar-refractivity contribution in [3.8, 4) is 0 Å². The summed E-state index contributed by atoms with van der Waals surface area (Å²) in [6.07, 6.45) is 0. The number of anilines is 1. The molecule has 0 spiro atoms. The van der Waals surface area contributed by atoms with Crippen molar-refractivity contribution in [2.24, 2.45) is 0 Å². The topological polar surface area (TPSA) is 116 Å². The van der Waals surface area contributed by atoms with Gasteiger partial charge in [0.2, 0.25) is 5.91 Å². The number of rotatable bonds is 6. The number of nitrogens with one attached hydrogen (secondary N) is 2. The van der Waals surface area contributed by atoms with Crippen LogP contribution >= 0.6 is 0 Å². The minimum absolute atomic E-state index is 0.0529. The zero-order valence-electron chi connectivity index (χ0n) is 11.1. The fourth-order valence-corrected chi connectivity index (χ4v) is 1.45. The number of benzene rings is 1. The number of carboxylic acid groups (broad SMARTS) is 2. The van der Waals surface area contributed by atoms with Crippen LogP contribution in [0.15, 0.2) is 18.2 Å². The normalized spacial score (nSPS) is 10.3. The van der Waals surface area contributed by atoms with E-state index in [1.807, 2.05) is 13.8 Å². The predicted molar refractivity (Wildman–Crippen MR) is 72.1 cm³/mol. The molecule has 0 radical (unpaired) electrons. The summed E-state index contributed by atoms with van der Waals surface area (Å²) in [5, 5.41) is 23.2. The van der Waals surface area contributed by atoms with Crippen molar-refractivity contribution in [3.63, 3.8) is 0 Å². The molecule has 1 aromatic carbocycles. The predicted octanol–water partition coefficient (Wildman–Crippen LogP) is 1.02. The van der Waals surface area contributed by atoms with Gasteiger partial charge in [0.25, 0.3) is 0 Å². The van der Waals surface area contributed by atoms with E-state index in [-0.39, 0.29) is 35.3 Å². The van der Waals surface area contributed by atoms with E-state index >= 15 is 0 Å². The van der Waals surface area contributed by atoms with E-state index in [2.05, 4.69) is 10.6 Å². The van der Waals surface area contributed by atoms with Crippen molar-refractivity contribution in [1.82, 2.24) is 5.32 Å². The van der Waals surface area contributed by atoms with E-state index in [0.29, 0.717) is 0 Å². The van der Waals surface area contributed by atoms with Gasteiger partial charge in [-0.1, -0.05) is 13.8 Å². The lowest BCUT2D eigenvalue weighted by atomic mass is 10.1. The van der Waals surface area contributed by atoms with Crippen LogP contribution < -0.4 is 10.6 Å². The van der Waals surface area contributed by atoms with Crippen LogP contribution in [0.2, 0.25) is 0 Å². The van der Waals surface area contributed by atoms with E-state index in [1.165, 1.54) is 12.1 Å². The second-order valence-electron chi connectivity index (χ2n) is 4.49. The lowest BCUT2D eigenvalue weighted by molar-refractivity contribution is -0.115. The van der Waals surface area contributed by atoms with Crippen molar-refractivity contribution in [1.29, 1.82) is 0 Å². The first kappa shape index (κ1) is 15.6. The van der Waals surface area contributed by atoms with E-state index < -0.39 is 11.9 Å². The first-order valence-electron chi connectivity index (χ1n) is 5.94. The summed E-state index contributed by atoms with van der Waals surface area (Å²) in [5.74, 6) is -2.90. The highest BCUT2D eigenvalue weighted by Gasteiger charge is 2.12. The summed E-state index contributed by atoms with van der Waals surface area (Å²) < 4.78 is 0. The molecule has 0 aliphatic carbocycles. The molecule has 0 heterocycles. The van der Waals surface area contributed by atoms with Gasteiger partial charge < -0.3 is 20.8 Å². The van der Waals surface area contributed by atoms with Crippen LogP contribution in [0.5, 0.6) is 0 Å². The van der Waals surface area contributed by atoms with Gasteiger partial charge in [-0.05, 0) is 18.2 Å². The van der Waals surface area contributed by atoms with Gasteiger partial charge in [0.05, 0.1) is 17.7 Å². The lowest BCUT2D eigenvalue weighted by Crippen LogP contribution is -2.32. The third-order valence-corrected chi connectivity index (χ3v) is 2.38. The number of aromatic carboxylic acids is 2. The highest BCUT2D eigenvalue weighted by atomic mass is 16.4. The van der Waals surface area contributed by atoms with Gasteiger partial charge in [0.15, 0.2) is 0 Å². The number of carbonyl (C=O) groups excluding carboxylic acids is 1. The maximum Gasteiger partial charge on any atom is 0.335 e.